The van der Waals surface area contributed by atoms with Crippen molar-refractivity contribution in [3.05, 3.63) is 63.2 Å². The van der Waals surface area contributed by atoms with Crippen LogP contribution < -0.4 is 20.9 Å². The Kier molecular flexibility index (Phi) is 9.53. The van der Waals surface area contributed by atoms with Gasteiger partial charge in [0.15, 0.2) is 0 Å². The summed E-state index contributed by atoms with van der Waals surface area (Å²) in [5.41, 5.74) is 0.613. The van der Waals surface area contributed by atoms with Crippen molar-refractivity contribution in [1.29, 1.82) is 0 Å². The van der Waals surface area contributed by atoms with Crippen molar-refractivity contribution in [3.63, 3.8) is 0 Å². The molecule has 0 aliphatic heterocycles. The van der Waals surface area contributed by atoms with E-state index in [-0.39, 0.29) is 42.0 Å². The minimum Gasteiger partial charge on any atom is -0.486 e. The Morgan fingerprint density at radius 2 is 2.11 bits per heavy atom. The minimum atomic E-state index is -0.549. The van der Waals surface area contributed by atoms with Gasteiger partial charge in [-0.25, -0.2) is 9.37 Å². The van der Waals surface area contributed by atoms with Gasteiger partial charge in [0.2, 0.25) is 5.91 Å². The van der Waals surface area contributed by atoms with Crippen LogP contribution in [0.5, 0.6) is 5.75 Å². The molecule has 11 heteroatoms. The van der Waals surface area contributed by atoms with Gasteiger partial charge < -0.3 is 25.3 Å². The van der Waals surface area contributed by atoms with Gasteiger partial charge in [-0.2, -0.15) is 0 Å². The molecular formula is C24H30ClFN6O3. The summed E-state index contributed by atoms with van der Waals surface area (Å²) in [5, 5.41) is 6.33. The number of nitrogens with zero attached hydrogens (tertiary/aromatic N) is 3. The van der Waals surface area contributed by atoms with E-state index in [1.165, 1.54) is 24.4 Å². The van der Waals surface area contributed by atoms with Gasteiger partial charge in [0, 0.05) is 31.9 Å². The second-order valence-corrected chi connectivity index (χ2v) is 8.88. The zero-order chi connectivity index (χ0) is 25.4. The highest BCUT2D eigenvalue weighted by atomic mass is 35.5. The minimum absolute atomic E-state index is 0.0527. The number of H-pyrrole nitrogens is 1. The van der Waals surface area contributed by atoms with Crippen LogP contribution in [-0.2, 0) is 17.9 Å². The maximum absolute atomic E-state index is 13.3. The standard InChI is InChI=1S/C24H30ClFN6O3/c1-4-15(13-32(2)3)10-29-22(33)12-27-11-20-23-17(7-8-28-20)24(34)31-21(30-23)14-35-16-5-6-19(26)18(25)9-16/h5-9,15,27H,4,10-14H2,1-3H3,(H,29,33)(H,30,31,34). The lowest BCUT2D eigenvalue weighted by atomic mass is 10.1. The lowest BCUT2D eigenvalue weighted by Gasteiger charge is -2.20. The first-order chi connectivity index (χ1) is 16.8. The number of benzene rings is 1. The number of halogens is 2. The fourth-order valence-electron chi connectivity index (χ4n) is 3.55. The van der Waals surface area contributed by atoms with E-state index in [0.717, 1.165) is 13.0 Å². The van der Waals surface area contributed by atoms with Crippen molar-refractivity contribution in [2.24, 2.45) is 5.92 Å². The van der Waals surface area contributed by atoms with Crippen molar-refractivity contribution in [3.8, 4) is 5.75 Å². The number of aromatic amines is 1. The van der Waals surface area contributed by atoms with Crippen molar-refractivity contribution < 1.29 is 13.9 Å². The van der Waals surface area contributed by atoms with E-state index in [1.807, 2.05) is 14.1 Å². The summed E-state index contributed by atoms with van der Waals surface area (Å²) in [6, 6.07) is 5.56. The van der Waals surface area contributed by atoms with Gasteiger partial charge >= 0.3 is 0 Å². The molecular weight excluding hydrogens is 475 g/mol. The number of fused-ring (bicyclic) bond motifs is 1. The van der Waals surface area contributed by atoms with Crippen LogP contribution in [0.25, 0.3) is 10.9 Å². The molecule has 2 heterocycles. The maximum Gasteiger partial charge on any atom is 0.258 e. The number of carbonyl (C=O) groups is 1. The first-order valence-electron chi connectivity index (χ1n) is 11.3. The molecule has 0 aliphatic carbocycles. The first kappa shape index (κ1) is 26.5. The van der Waals surface area contributed by atoms with E-state index in [2.05, 4.69) is 37.4 Å². The highest BCUT2D eigenvalue weighted by Gasteiger charge is 2.12. The number of hydrogen-bond acceptors (Lipinski definition) is 7. The third kappa shape index (κ3) is 7.71. The molecule has 0 bridgehead atoms. The molecule has 0 radical (unpaired) electrons. The molecule has 1 aromatic carbocycles. The van der Waals surface area contributed by atoms with Crippen molar-refractivity contribution in [2.45, 2.75) is 26.5 Å². The highest BCUT2D eigenvalue weighted by Crippen LogP contribution is 2.21. The van der Waals surface area contributed by atoms with Crippen LogP contribution in [0.15, 0.2) is 35.3 Å². The molecule has 1 amide bonds. The number of amides is 1. The molecule has 0 saturated heterocycles. The normalized spacial score (nSPS) is 12.2. The highest BCUT2D eigenvalue weighted by molar-refractivity contribution is 6.30. The Bertz CT molecular complexity index is 1220. The number of ether oxygens (including phenoxy) is 1. The maximum atomic E-state index is 13.3. The van der Waals surface area contributed by atoms with Crippen LogP contribution in [-0.4, -0.2) is 59.5 Å². The van der Waals surface area contributed by atoms with Crippen LogP contribution in [0.3, 0.4) is 0 Å². The lowest BCUT2D eigenvalue weighted by molar-refractivity contribution is -0.120. The summed E-state index contributed by atoms with van der Waals surface area (Å²) >= 11 is 5.78. The summed E-state index contributed by atoms with van der Waals surface area (Å²) in [6.45, 7) is 3.94. The van der Waals surface area contributed by atoms with Crippen molar-refractivity contribution >= 4 is 28.4 Å². The number of aromatic nitrogens is 3. The van der Waals surface area contributed by atoms with Gasteiger partial charge in [-0.15, -0.1) is 0 Å². The Labute approximate surface area is 208 Å². The molecule has 1 unspecified atom stereocenters. The smallest absolute Gasteiger partial charge is 0.258 e. The quantitative estimate of drug-likeness (QED) is 0.347. The molecule has 2 aromatic heterocycles. The summed E-state index contributed by atoms with van der Waals surface area (Å²) in [7, 11) is 4.02. The van der Waals surface area contributed by atoms with Crippen LogP contribution in [0, 0.1) is 11.7 Å². The van der Waals surface area contributed by atoms with E-state index in [9.17, 15) is 14.0 Å². The molecule has 3 aromatic rings. The summed E-state index contributed by atoms with van der Waals surface area (Å²) in [6.07, 6.45) is 2.51. The molecule has 35 heavy (non-hydrogen) atoms. The van der Waals surface area contributed by atoms with Gasteiger partial charge in [0.05, 0.1) is 22.6 Å². The van der Waals surface area contributed by atoms with Crippen LogP contribution in [0.1, 0.15) is 24.9 Å². The van der Waals surface area contributed by atoms with Crippen molar-refractivity contribution in [1.82, 2.24) is 30.5 Å². The van der Waals surface area contributed by atoms with E-state index < -0.39 is 5.82 Å². The van der Waals surface area contributed by atoms with Gasteiger partial charge in [0.1, 0.15) is 29.5 Å². The van der Waals surface area contributed by atoms with Crippen LogP contribution in [0.4, 0.5) is 4.39 Å². The Morgan fingerprint density at radius 3 is 2.83 bits per heavy atom. The van der Waals surface area contributed by atoms with E-state index >= 15 is 0 Å². The molecule has 188 valence electrons. The van der Waals surface area contributed by atoms with Gasteiger partial charge in [0.25, 0.3) is 5.56 Å². The summed E-state index contributed by atoms with van der Waals surface area (Å²) < 4.78 is 18.9. The van der Waals surface area contributed by atoms with Crippen LogP contribution in [0.2, 0.25) is 5.02 Å². The number of rotatable bonds is 12. The summed E-state index contributed by atoms with van der Waals surface area (Å²) in [4.78, 5) is 38.4. The third-order valence-electron chi connectivity index (χ3n) is 5.38. The second kappa shape index (κ2) is 12.6. The molecule has 3 N–H and O–H groups in total. The van der Waals surface area contributed by atoms with Crippen LogP contribution >= 0.6 is 11.6 Å². The van der Waals surface area contributed by atoms with E-state index in [1.54, 1.807) is 6.07 Å². The molecule has 9 nitrogen and oxygen atoms in total. The zero-order valence-corrected chi connectivity index (χ0v) is 20.8. The fraction of sp³-hybridized carbons (Fsp3) is 0.417. The average molecular weight is 505 g/mol. The number of carbonyl (C=O) groups excluding carboxylic acids is 1. The fourth-order valence-corrected chi connectivity index (χ4v) is 3.72. The number of nitrogens with one attached hydrogen (secondary N) is 3. The Hall–Kier alpha value is -3.08. The molecule has 0 fully saturated rings. The number of hydrogen-bond donors (Lipinski definition) is 3. The van der Waals surface area contributed by atoms with Crippen molar-refractivity contribution in [2.75, 3.05) is 33.7 Å². The van der Waals surface area contributed by atoms with Gasteiger partial charge in [-0.3, -0.25) is 14.6 Å². The van der Waals surface area contributed by atoms with E-state index in [0.29, 0.717) is 34.8 Å². The first-order valence-corrected chi connectivity index (χ1v) is 11.7. The Balaban J connectivity index is 1.62. The van der Waals surface area contributed by atoms with Gasteiger partial charge in [-0.1, -0.05) is 24.9 Å². The Morgan fingerprint density at radius 1 is 1.31 bits per heavy atom. The second-order valence-electron chi connectivity index (χ2n) is 8.48. The predicted molar refractivity (Wildman–Crippen MR) is 133 cm³/mol. The molecule has 0 aliphatic rings. The van der Waals surface area contributed by atoms with E-state index in [4.69, 9.17) is 16.3 Å². The SMILES string of the molecule is CCC(CNC(=O)CNCc1nccc2c(=O)[nH]c(COc3ccc(F)c(Cl)c3)nc12)CN(C)C. The molecule has 1 atom stereocenters. The molecule has 0 spiro atoms. The average Bonchev–Trinajstić information content (AvgIpc) is 2.82. The molecule has 3 rings (SSSR count). The lowest BCUT2D eigenvalue weighted by Crippen LogP contribution is -2.38. The predicted octanol–water partition coefficient (Wildman–Crippen LogP) is 2.48. The molecule has 0 saturated carbocycles. The third-order valence-corrected chi connectivity index (χ3v) is 5.67. The number of pyridine rings is 1. The topological polar surface area (TPSA) is 112 Å². The monoisotopic (exact) mass is 504 g/mol. The zero-order valence-electron chi connectivity index (χ0n) is 20.0. The summed E-state index contributed by atoms with van der Waals surface area (Å²) in [5.74, 6) is 0.346. The largest absolute Gasteiger partial charge is 0.486 e. The van der Waals surface area contributed by atoms with Gasteiger partial charge in [-0.05, 0) is 38.2 Å².